The van der Waals surface area contributed by atoms with Crippen LogP contribution in [0.1, 0.15) is 94.5 Å². The van der Waals surface area contributed by atoms with Crippen LogP contribution in [0.5, 0.6) is 0 Å². The first-order valence-electron chi connectivity index (χ1n) is 50.5. The number of anilines is 12. The highest BCUT2D eigenvalue weighted by atomic mass is 15.2. The van der Waals surface area contributed by atoms with Gasteiger partial charge in [0.25, 0.3) is 0 Å². The zero-order chi connectivity index (χ0) is 97.4. The summed E-state index contributed by atoms with van der Waals surface area (Å²) in [5.41, 5.74) is 42.7. The van der Waals surface area contributed by atoms with E-state index in [1.54, 1.807) is 0 Å². The number of nitrogens with zero attached hydrogens (tertiary/aromatic N) is 8. The zero-order valence-corrected chi connectivity index (χ0v) is 82.6. The Bertz CT molecular complexity index is 8120. The van der Waals surface area contributed by atoms with E-state index in [9.17, 15) is 0 Å². The number of para-hydroxylation sites is 4. The van der Waals surface area contributed by atoms with Crippen molar-refractivity contribution in [3.8, 4) is 22.7 Å². The standard InChI is InChI=1S/C70H60N4.C66H52N4/c1-5-49-25-41-67-63(45-49)64-46-50(6-2)26-42-68(64)73(67)61-37-33-59(34-38-61)71(55-15-11-9-12-16-55)57-29-21-53(22-30-57)19-20-54-23-31-58(32-24-54)72(56-17-13-10-14-18-56)60-35-39-62(40-36-60)74-69-43-27-51(7-3)47-65(69)66-48-52(8-4)28-44-70(66)74;1-45-15-37-63-59(41-45)60-42-46(2)16-38-64(60)69(63)57-33-29-55(30-34-57)67(51-11-7-5-8-12-51)53-25-21-49(22-26-53)19-20-50-23-27-54(28-24-50)68(52-13-9-6-10-14-52)56-31-35-58(36-32-56)70-65-39-17-47(3)43-61(65)62-44-48(4)18-40-66(62)70/h9-48H,5-8H2,1-4H3;5-44H,1-4H3/b2*20-19+. The third kappa shape index (κ3) is 17.5. The molecular formula is C136H112N8. The molecular weight excluding hydrogens is 1750 g/mol. The average molecular weight is 1860 g/mol. The van der Waals surface area contributed by atoms with Crippen molar-refractivity contribution in [2.24, 2.45) is 0 Å². The molecule has 4 aromatic heterocycles. The van der Waals surface area contributed by atoms with Gasteiger partial charge in [0, 0.05) is 134 Å². The average Bonchev–Trinajstić information content (AvgIpc) is 1.60. The largest absolute Gasteiger partial charge is 0.311 e. The summed E-state index contributed by atoms with van der Waals surface area (Å²) in [6, 6.07) is 169. The summed E-state index contributed by atoms with van der Waals surface area (Å²) < 4.78 is 9.62. The predicted octanol–water partition coefficient (Wildman–Crippen LogP) is 37.5. The van der Waals surface area contributed by atoms with E-state index in [1.165, 1.54) is 132 Å². The molecule has 0 unspecified atom stereocenters. The SMILES string of the molecule is CCc1ccc2c(c1)c1cc(CC)ccc1n2-c1ccc(N(c2ccccc2)c2ccc(/C=C/c3ccc(N(c4ccccc4)c4ccc(-n5c6ccc(CC)cc6c6cc(CC)ccc65)cc4)cc3)cc2)cc1.Cc1ccc2c(c1)c1cc(C)ccc1n2-c1ccc(N(c2ccccc2)c2ccc(/C=C/c3ccc(N(c4ccccc4)c4ccc(-n5c6ccc(C)cc6c6cc(C)ccc65)cc4)cc3)cc2)cc1. The molecule has 8 heteroatoms. The summed E-state index contributed by atoms with van der Waals surface area (Å²) in [4.78, 5) is 9.32. The van der Waals surface area contributed by atoms with Crippen LogP contribution in [0.15, 0.2) is 461 Å². The number of hydrogen-bond acceptors (Lipinski definition) is 4. The number of hydrogen-bond donors (Lipinski definition) is 0. The molecule has 4 heterocycles. The van der Waals surface area contributed by atoms with Crippen LogP contribution in [0.25, 0.3) is 134 Å². The number of aromatic nitrogens is 4. The van der Waals surface area contributed by atoms with Crippen LogP contribution >= 0.6 is 0 Å². The molecule has 24 rings (SSSR count). The Morgan fingerprint density at radius 3 is 0.486 bits per heavy atom. The minimum absolute atomic E-state index is 1.02. The summed E-state index contributed by atoms with van der Waals surface area (Å²) in [5.74, 6) is 0. The van der Waals surface area contributed by atoms with Crippen LogP contribution in [-0.2, 0) is 25.7 Å². The molecule has 20 aromatic carbocycles. The van der Waals surface area contributed by atoms with E-state index in [0.717, 1.165) is 139 Å². The Morgan fingerprint density at radius 1 is 0.160 bits per heavy atom. The van der Waals surface area contributed by atoms with Crippen LogP contribution in [0.3, 0.4) is 0 Å². The molecule has 24 aromatic rings. The quantitative estimate of drug-likeness (QED) is 0.0565. The van der Waals surface area contributed by atoms with E-state index in [0.29, 0.717) is 0 Å². The Kier molecular flexibility index (Phi) is 24.5. The van der Waals surface area contributed by atoms with E-state index < -0.39 is 0 Å². The van der Waals surface area contributed by atoms with E-state index in [4.69, 9.17) is 0 Å². The summed E-state index contributed by atoms with van der Waals surface area (Å²) in [6.07, 6.45) is 12.9. The van der Waals surface area contributed by atoms with Gasteiger partial charge in [-0.15, -0.1) is 0 Å². The molecule has 8 nitrogen and oxygen atoms in total. The van der Waals surface area contributed by atoms with Gasteiger partial charge in [0.1, 0.15) is 0 Å². The first-order valence-corrected chi connectivity index (χ1v) is 50.5. The van der Waals surface area contributed by atoms with Crippen molar-refractivity contribution in [3.05, 3.63) is 528 Å². The van der Waals surface area contributed by atoms with Crippen LogP contribution in [-0.4, -0.2) is 18.3 Å². The minimum atomic E-state index is 1.02. The van der Waals surface area contributed by atoms with Gasteiger partial charge in [-0.05, 0) is 389 Å². The smallest absolute Gasteiger partial charge is 0.0541 e. The van der Waals surface area contributed by atoms with Crippen LogP contribution in [0.2, 0.25) is 0 Å². The lowest BCUT2D eigenvalue weighted by molar-refractivity contribution is 1.13. The summed E-state index contributed by atoms with van der Waals surface area (Å²) in [7, 11) is 0. The molecule has 0 aliphatic carbocycles. The van der Waals surface area contributed by atoms with Crippen LogP contribution in [0.4, 0.5) is 68.2 Å². The second-order valence-corrected chi connectivity index (χ2v) is 38.0. The molecule has 0 amide bonds. The van der Waals surface area contributed by atoms with E-state index in [1.807, 2.05) is 0 Å². The highest BCUT2D eigenvalue weighted by Crippen LogP contribution is 2.46. The summed E-state index contributed by atoms with van der Waals surface area (Å²) in [6.45, 7) is 17.6. The van der Waals surface area contributed by atoms with Crippen molar-refractivity contribution in [3.63, 3.8) is 0 Å². The highest BCUT2D eigenvalue weighted by Gasteiger charge is 2.24. The fourth-order valence-corrected chi connectivity index (χ4v) is 21.2. The molecule has 0 saturated heterocycles. The van der Waals surface area contributed by atoms with Crippen LogP contribution in [0, 0.1) is 27.7 Å². The zero-order valence-electron chi connectivity index (χ0n) is 82.6. The van der Waals surface area contributed by atoms with Crippen molar-refractivity contribution in [1.29, 1.82) is 0 Å². The number of aryl methyl sites for hydroxylation is 8. The first kappa shape index (κ1) is 90.1. The van der Waals surface area contributed by atoms with Gasteiger partial charge in [-0.25, -0.2) is 0 Å². The molecule has 0 bridgehead atoms. The fraction of sp³-hybridized carbons (Fsp3) is 0.0882. The lowest BCUT2D eigenvalue weighted by Crippen LogP contribution is -2.10. The molecule has 0 radical (unpaired) electrons. The Balaban J connectivity index is 0.000000160. The second kappa shape index (κ2) is 39.2. The van der Waals surface area contributed by atoms with Crippen molar-refractivity contribution in [1.82, 2.24) is 18.3 Å². The molecule has 0 saturated carbocycles. The van der Waals surface area contributed by atoms with E-state index in [2.05, 4.69) is 579 Å². The van der Waals surface area contributed by atoms with Crippen molar-refractivity contribution in [2.75, 3.05) is 19.6 Å². The Labute approximate surface area is 843 Å². The monoisotopic (exact) mass is 1860 g/mol. The normalized spacial score (nSPS) is 11.7. The number of rotatable bonds is 24. The molecule has 0 atom stereocenters. The minimum Gasteiger partial charge on any atom is -0.311 e. The number of benzene rings is 20. The molecule has 696 valence electrons. The van der Waals surface area contributed by atoms with Gasteiger partial charge < -0.3 is 37.9 Å². The molecule has 0 aliphatic rings. The van der Waals surface area contributed by atoms with Crippen molar-refractivity contribution in [2.45, 2.75) is 81.1 Å². The highest BCUT2D eigenvalue weighted by molar-refractivity contribution is 6.13. The van der Waals surface area contributed by atoms with Gasteiger partial charge in [0.2, 0.25) is 0 Å². The van der Waals surface area contributed by atoms with Gasteiger partial charge in [0.15, 0.2) is 0 Å². The van der Waals surface area contributed by atoms with Gasteiger partial charge in [-0.2, -0.15) is 0 Å². The van der Waals surface area contributed by atoms with Gasteiger partial charge in [-0.3, -0.25) is 0 Å². The maximum atomic E-state index is 2.42. The Morgan fingerprint density at radius 2 is 0.312 bits per heavy atom. The van der Waals surface area contributed by atoms with Crippen LogP contribution < -0.4 is 19.6 Å². The molecule has 0 fully saturated rings. The summed E-state index contributed by atoms with van der Waals surface area (Å²) in [5, 5.41) is 10.4. The molecule has 0 aliphatic heterocycles. The topological polar surface area (TPSA) is 32.7 Å². The number of fused-ring (bicyclic) bond motifs is 12. The summed E-state index contributed by atoms with van der Waals surface area (Å²) >= 11 is 0. The van der Waals surface area contributed by atoms with Gasteiger partial charge in [0.05, 0.1) is 44.1 Å². The maximum absolute atomic E-state index is 2.42. The lowest BCUT2D eigenvalue weighted by Gasteiger charge is -2.26. The molecule has 0 spiro atoms. The van der Waals surface area contributed by atoms with Gasteiger partial charge >= 0.3 is 0 Å². The molecule has 0 N–H and O–H groups in total. The van der Waals surface area contributed by atoms with E-state index >= 15 is 0 Å². The second-order valence-electron chi connectivity index (χ2n) is 38.0. The van der Waals surface area contributed by atoms with Crippen molar-refractivity contribution >= 4 is 180 Å². The van der Waals surface area contributed by atoms with Crippen molar-refractivity contribution < 1.29 is 0 Å². The maximum Gasteiger partial charge on any atom is 0.0541 e. The fourth-order valence-electron chi connectivity index (χ4n) is 21.2. The Hall–Kier alpha value is -17.7. The third-order valence-corrected chi connectivity index (χ3v) is 28.6. The first-order chi connectivity index (χ1) is 70.8. The molecule has 144 heavy (non-hydrogen) atoms. The van der Waals surface area contributed by atoms with Gasteiger partial charge in [-0.1, -0.05) is 244 Å². The predicted molar refractivity (Wildman–Crippen MR) is 616 cm³/mol. The van der Waals surface area contributed by atoms with E-state index in [-0.39, 0.29) is 0 Å². The lowest BCUT2D eigenvalue weighted by atomic mass is 10.1. The third-order valence-electron chi connectivity index (χ3n) is 28.6.